The van der Waals surface area contributed by atoms with E-state index < -0.39 is 6.09 Å². The van der Waals surface area contributed by atoms with Crippen molar-refractivity contribution in [3.05, 3.63) is 0 Å². The Balaban J connectivity index is 3.57. The fourth-order valence-corrected chi connectivity index (χ4v) is 0.368. The topological polar surface area (TPSA) is 70.9 Å². The Hall–Kier alpha value is -1.26. The largest absolute Gasteiger partial charge is 0.480 e. The minimum atomic E-state index is -1.20. The Bertz CT molecular complexity index is 144. The molecule has 0 unspecified atom stereocenters. The van der Waals surface area contributed by atoms with Crippen LogP contribution in [0.25, 0.3) is 0 Å². The van der Waals surface area contributed by atoms with Crippen molar-refractivity contribution in [2.24, 2.45) is 5.10 Å². The molecule has 0 rings (SSSR count). The highest BCUT2D eigenvalue weighted by Gasteiger charge is 1.91. The summed E-state index contributed by atoms with van der Waals surface area (Å²) in [7, 11) is 0. The summed E-state index contributed by atoms with van der Waals surface area (Å²) in [6.45, 7) is 3.84. The summed E-state index contributed by atoms with van der Waals surface area (Å²) < 4.78 is 4.82. The zero-order valence-electron chi connectivity index (χ0n) is 5.92. The molecule has 5 nitrogen and oxygen atoms in total. The van der Waals surface area contributed by atoms with Crippen LogP contribution in [0.4, 0.5) is 4.79 Å². The summed E-state index contributed by atoms with van der Waals surface area (Å²) in [5.41, 5.74) is 1.81. The molecular weight excluding hydrogens is 136 g/mol. The molecular formula is C5H10N2O3. The first-order chi connectivity index (χ1) is 4.66. The molecule has 10 heavy (non-hydrogen) atoms. The lowest BCUT2D eigenvalue weighted by Crippen LogP contribution is -2.16. The summed E-state index contributed by atoms with van der Waals surface area (Å²) in [5.74, 6) is 0.310. The smallest absolute Gasteiger partial charge is 0.425 e. The summed E-state index contributed by atoms with van der Waals surface area (Å²) in [4.78, 5) is 9.83. The maximum atomic E-state index is 9.83. The van der Waals surface area contributed by atoms with Crippen molar-refractivity contribution in [1.82, 2.24) is 5.43 Å². The van der Waals surface area contributed by atoms with Crippen molar-refractivity contribution in [3.63, 3.8) is 0 Å². The van der Waals surface area contributed by atoms with Crippen LogP contribution in [0.1, 0.15) is 13.8 Å². The van der Waals surface area contributed by atoms with Crippen molar-refractivity contribution in [3.8, 4) is 0 Å². The standard InChI is InChI=1S/C5H10N2O3/c1-3-10-4(2)6-7-5(8)9/h7H,3H2,1-2H3,(H,8,9). The minimum absolute atomic E-state index is 0.310. The van der Waals surface area contributed by atoms with Gasteiger partial charge in [0.2, 0.25) is 5.90 Å². The summed E-state index contributed by atoms with van der Waals surface area (Å²) in [6, 6.07) is 0. The molecule has 0 heterocycles. The molecule has 0 saturated carbocycles. The quantitative estimate of drug-likeness (QED) is 0.341. The number of hydrazone groups is 1. The third kappa shape index (κ3) is 4.89. The van der Waals surface area contributed by atoms with E-state index in [4.69, 9.17) is 9.84 Å². The zero-order chi connectivity index (χ0) is 7.98. The van der Waals surface area contributed by atoms with E-state index in [2.05, 4.69) is 5.10 Å². The van der Waals surface area contributed by atoms with Gasteiger partial charge in [0.1, 0.15) is 0 Å². The maximum Gasteiger partial charge on any atom is 0.425 e. The van der Waals surface area contributed by atoms with Gasteiger partial charge in [-0.05, 0) is 6.92 Å². The molecule has 2 N–H and O–H groups in total. The Kier molecular flexibility index (Phi) is 4.02. The molecule has 0 aliphatic rings. The average Bonchev–Trinajstić information content (AvgIpc) is 1.85. The molecule has 58 valence electrons. The SMILES string of the molecule is CCOC(C)=NNC(=O)O. The molecule has 0 aromatic carbocycles. The van der Waals surface area contributed by atoms with Crippen LogP contribution in [0.15, 0.2) is 5.10 Å². The molecule has 0 aliphatic heterocycles. The van der Waals surface area contributed by atoms with Gasteiger partial charge in [0, 0.05) is 6.92 Å². The lowest BCUT2D eigenvalue weighted by Gasteiger charge is -1.99. The molecule has 0 atom stereocenters. The van der Waals surface area contributed by atoms with Gasteiger partial charge in [0.25, 0.3) is 0 Å². The monoisotopic (exact) mass is 146 g/mol. The third-order valence-electron chi connectivity index (χ3n) is 0.662. The summed E-state index contributed by atoms with van der Waals surface area (Å²) in [5, 5.41) is 11.4. The van der Waals surface area contributed by atoms with E-state index in [0.29, 0.717) is 12.5 Å². The highest BCUT2D eigenvalue weighted by Crippen LogP contribution is 1.77. The van der Waals surface area contributed by atoms with Crippen LogP contribution in [-0.2, 0) is 4.74 Å². The van der Waals surface area contributed by atoms with Crippen molar-refractivity contribution >= 4 is 12.0 Å². The lowest BCUT2D eigenvalue weighted by molar-refractivity contribution is 0.194. The first-order valence-electron chi connectivity index (χ1n) is 2.82. The van der Waals surface area contributed by atoms with Gasteiger partial charge in [-0.3, -0.25) is 0 Å². The molecule has 0 saturated heterocycles. The van der Waals surface area contributed by atoms with Gasteiger partial charge in [-0.1, -0.05) is 0 Å². The van der Waals surface area contributed by atoms with Crippen LogP contribution >= 0.6 is 0 Å². The molecule has 0 aliphatic carbocycles. The second kappa shape index (κ2) is 4.60. The molecule has 0 spiro atoms. The van der Waals surface area contributed by atoms with Gasteiger partial charge in [-0.15, -0.1) is 5.10 Å². The minimum Gasteiger partial charge on any atom is -0.480 e. The number of rotatable bonds is 2. The third-order valence-corrected chi connectivity index (χ3v) is 0.662. The van der Waals surface area contributed by atoms with Crippen LogP contribution in [0, 0.1) is 0 Å². The number of nitrogens with one attached hydrogen (secondary N) is 1. The highest BCUT2D eigenvalue weighted by atomic mass is 16.5. The van der Waals surface area contributed by atoms with Crippen LogP contribution in [0.3, 0.4) is 0 Å². The zero-order valence-corrected chi connectivity index (χ0v) is 5.92. The Morgan fingerprint density at radius 2 is 2.40 bits per heavy atom. The normalized spacial score (nSPS) is 10.8. The van der Waals surface area contributed by atoms with Gasteiger partial charge in [-0.25, -0.2) is 10.2 Å². The van der Waals surface area contributed by atoms with Crippen molar-refractivity contribution in [2.45, 2.75) is 13.8 Å². The second-order valence-corrected chi connectivity index (χ2v) is 1.48. The Morgan fingerprint density at radius 1 is 1.80 bits per heavy atom. The van der Waals surface area contributed by atoms with E-state index in [9.17, 15) is 4.79 Å². The number of ether oxygens (including phenoxy) is 1. The van der Waals surface area contributed by atoms with E-state index in [1.807, 2.05) is 5.43 Å². The van der Waals surface area contributed by atoms with Crippen LogP contribution in [0.2, 0.25) is 0 Å². The van der Waals surface area contributed by atoms with Crippen LogP contribution in [-0.4, -0.2) is 23.7 Å². The number of hydrogen-bond acceptors (Lipinski definition) is 3. The maximum absolute atomic E-state index is 9.83. The lowest BCUT2D eigenvalue weighted by atomic mass is 10.7. The average molecular weight is 146 g/mol. The van der Waals surface area contributed by atoms with Gasteiger partial charge < -0.3 is 9.84 Å². The predicted molar refractivity (Wildman–Crippen MR) is 35.9 cm³/mol. The summed E-state index contributed by atoms with van der Waals surface area (Å²) >= 11 is 0. The second-order valence-electron chi connectivity index (χ2n) is 1.48. The Morgan fingerprint density at radius 3 is 2.80 bits per heavy atom. The fourth-order valence-electron chi connectivity index (χ4n) is 0.368. The van der Waals surface area contributed by atoms with E-state index in [-0.39, 0.29) is 0 Å². The predicted octanol–water partition coefficient (Wildman–Crippen LogP) is 0.624. The van der Waals surface area contributed by atoms with Gasteiger partial charge >= 0.3 is 6.09 Å². The fraction of sp³-hybridized carbons (Fsp3) is 0.600. The number of hydrogen-bond donors (Lipinski definition) is 2. The number of amides is 1. The van der Waals surface area contributed by atoms with E-state index in [0.717, 1.165) is 0 Å². The van der Waals surface area contributed by atoms with Crippen molar-refractivity contribution < 1.29 is 14.6 Å². The number of carbonyl (C=O) groups is 1. The molecule has 0 aromatic rings. The van der Waals surface area contributed by atoms with Gasteiger partial charge in [0.15, 0.2) is 0 Å². The van der Waals surface area contributed by atoms with Crippen LogP contribution in [0.5, 0.6) is 0 Å². The molecule has 0 bridgehead atoms. The molecule has 5 heteroatoms. The molecule has 0 radical (unpaired) electrons. The summed E-state index contributed by atoms with van der Waals surface area (Å²) in [6.07, 6.45) is -1.20. The first kappa shape index (κ1) is 8.74. The van der Waals surface area contributed by atoms with E-state index in [1.165, 1.54) is 0 Å². The molecule has 0 aromatic heterocycles. The van der Waals surface area contributed by atoms with Gasteiger partial charge in [-0.2, -0.15) is 0 Å². The highest BCUT2D eigenvalue weighted by molar-refractivity contribution is 5.75. The molecule has 1 amide bonds. The first-order valence-corrected chi connectivity index (χ1v) is 2.82. The number of nitrogens with zero attached hydrogens (tertiary/aromatic N) is 1. The van der Waals surface area contributed by atoms with E-state index >= 15 is 0 Å². The number of carboxylic acid groups (broad SMARTS) is 1. The van der Waals surface area contributed by atoms with E-state index in [1.54, 1.807) is 13.8 Å². The van der Waals surface area contributed by atoms with Crippen molar-refractivity contribution in [1.29, 1.82) is 0 Å². The Labute approximate surface area is 58.7 Å². The van der Waals surface area contributed by atoms with Gasteiger partial charge in [0.05, 0.1) is 6.61 Å². The van der Waals surface area contributed by atoms with Crippen molar-refractivity contribution in [2.75, 3.05) is 6.61 Å². The van der Waals surface area contributed by atoms with Crippen LogP contribution < -0.4 is 5.43 Å². The molecule has 0 fully saturated rings.